The third-order valence-electron chi connectivity index (χ3n) is 12.7. The van der Waals surface area contributed by atoms with Gasteiger partial charge in [-0.2, -0.15) is 0 Å². The van der Waals surface area contributed by atoms with Crippen LogP contribution in [0.1, 0.15) is 81.4 Å². The lowest BCUT2D eigenvalue weighted by Crippen LogP contribution is -2.52. The molecule has 0 bridgehead atoms. The molecule has 3 saturated heterocycles. The van der Waals surface area contributed by atoms with Crippen molar-refractivity contribution in [3.8, 4) is 5.75 Å². The molecule has 5 aliphatic heterocycles. The summed E-state index contributed by atoms with van der Waals surface area (Å²) in [5, 5.41) is 12.6. The summed E-state index contributed by atoms with van der Waals surface area (Å²) >= 11 is 0. The molecular weight excluding hydrogens is 710 g/mol. The first-order chi connectivity index (χ1) is 27.2. The van der Waals surface area contributed by atoms with Crippen LogP contribution in [0.15, 0.2) is 78.9 Å². The SMILES string of the molecule is Cc1ccc(F)cc1[C@H]1OCc2cc(O)ccc2[C@H]1c1ccc(N2CCC(CN3CCN(c4ccc5c(c4)CN([C@H]4CCC(=O)NC4=O)C5=O)CC3)CC2)cc1. The van der Waals surface area contributed by atoms with Crippen LogP contribution in [-0.4, -0.2) is 84.5 Å². The molecule has 9 rings (SSSR count). The summed E-state index contributed by atoms with van der Waals surface area (Å²) in [6, 6.07) is 24.6. The van der Waals surface area contributed by atoms with Crippen LogP contribution < -0.4 is 15.1 Å². The summed E-state index contributed by atoms with van der Waals surface area (Å²) in [4.78, 5) is 46.3. The Bertz CT molecular complexity index is 2160. The van der Waals surface area contributed by atoms with Gasteiger partial charge < -0.3 is 24.5 Å². The smallest absolute Gasteiger partial charge is 0.255 e. The van der Waals surface area contributed by atoms with Crippen molar-refractivity contribution in [2.45, 2.75) is 63.8 Å². The number of phenolic OH excluding ortho intramolecular Hbond substituents is 1. The summed E-state index contributed by atoms with van der Waals surface area (Å²) in [5.41, 5.74) is 8.90. The first-order valence-electron chi connectivity index (χ1n) is 20.0. The molecule has 3 amide bonds. The molecule has 10 nitrogen and oxygen atoms in total. The van der Waals surface area contributed by atoms with Crippen molar-refractivity contribution < 1.29 is 28.6 Å². The number of piperazine rings is 1. The predicted molar refractivity (Wildman–Crippen MR) is 211 cm³/mol. The highest BCUT2D eigenvalue weighted by Crippen LogP contribution is 2.47. The standard InChI is InChI=1S/C45H48FN5O5/c1-28-2-5-33(46)24-39(28)43-42(37-11-9-36(52)23-32(37)27-56-43)30-3-6-34(7-4-30)49-16-14-29(15-17-49)25-48-18-20-50(21-19-48)35-8-10-38-31(22-35)26-51(45(38)55)40-12-13-41(53)47-44(40)54/h2-11,22-24,29,40,42-43,52H,12-21,25-27H2,1H3,(H,47,53,54)/t40-,42+,43+/m0/s1. The summed E-state index contributed by atoms with van der Waals surface area (Å²) in [6.45, 7) is 9.68. The number of piperidine rings is 2. The van der Waals surface area contributed by atoms with Gasteiger partial charge in [0.2, 0.25) is 11.8 Å². The second-order valence-corrected chi connectivity index (χ2v) is 16.1. The normalized spacial score (nSPS) is 23.3. The largest absolute Gasteiger partial charge is 0.508 e. The molecule has 290 valence electrons. The van der Waals surface area contributed by atoms with Crippen molar-refractivity contribution in [2.24, 2.45) is 5.92 Å². The zero-order valence-corrected chi connectivity index (χ0v) is 31.8. The topological polar surface area (TPSA) is 106 Å². The number of aromatic hydroxyl groups is 1. The number of anilines is 2. The zero-order valence-electron chi connectivity index (χ0n) is 31.8. The van der Waals surface area contributed by atoms with Gasteiger partial charge in [0, 0.05) is 81.6 Å². The van der Waals surface area contributed by atoms with Gasteiger partial charge in [-0.3, -0.25) is 24.6 Å². The fourth-order valence-electron chi connectivity index (χ4n) is 9.58. The van der Waals surface area contributed by atoms with Gasteiger partial charge in [0.1, 0.15) is 17.6 Å². The van der Waals surface area contributed by atoms with E-state index in [1.54, 1.807) is 23.1 Å². The number of aryl methyl sites for hydroxylation is 1. The number of fused-ring (bicyclic) bond motifs is 2. The molecule has 0 saturated carbocycles. The van der Waals surface area contributed by atoms with Crippen molar-refractivity contribution in [2.75, 3.05) is 55.6 Å². The first kappa shape index (κ1) is 36.4. The Hall–Kier alpha value is -5.26. The second-order valence-electron chi connectivity index (χ2n) is 16.1. The van der Waals surface area contributed by atoms with E-state index in [0.717, 1.165) is 97.7 Å². The van der Waals surface area contributed by atoms with Gasteiger partial charge in [-0.15, -0.1) is 0 Å². The van der Waals surface area contributed by atoms with Gasteiger partial charge in [-0.05, 0) is 120 Å². The van der Waals surface area contributed by atoms with E-state index in [2.05, 4.69) is 50.3 Å². The van der Waals surface area contributed by atoms with Crippen LogP contribution in [0.25, 0.3) is 0 Å². The number of carbonyl (C=O) groups excluding carboxylic acids is 3. The summed E-state index contributed by atoms with van der Waals surface area (Å²) in [5.74, 6) is -0.352. The van der Waals surface area contributed by atoms with E-state index in [1.807, 2.05) is 31.2 Å². The van der Waals surface area contributed by atoms with Crippen molar-refractivity contribution in [1.29, 1.82) is 0 Å². The monoisotopic (exact) mass is 757 g/mol. The average Bonchev–Trinajstić information content (AvgIpc) is 3.53. The molecule has 0 spiro atoms. The van der Waals surface area contributed by atoms with Gasteiger partial charge in [0.15, 0.2) is 0 Å². The number of carbonyl (C=O) groups is 3. The van der Waals surface area contributed by atoms with Crippen molar-refractivity contribution in [1.82, 2.24) is 15.1 Å². The zero-order chi connectivity index (χ0) is 38.5. The number of ether oxygens (including phenoxy) is 1. The number of benzene rings is 4. The van der Waals surface area contributed by atoms with Gasteiger partial charge in [0.25, 0.3) is 5.91 Å². The number of halogens is 1. The molecule has 3 atom stereocenters. The Kier molecular flexibility index (Phi) is 9.75. The molecule has 0 unspecified atom stereocenters. The third kappa shape index (κ3) is 7.03. The van der Waals surface area contributed by atoms with Crippen LogP contribution in [0, 0.1) is 18.7 Å². The Balaban J connectivity index is 0.791. The summed E-state index contributed by atoms with van der Waals surface area (Å²) in [6.07, 6.45) is 2.55. The van der Waals surface area contributed by atoms with Gasteiger partial charge >= 0.3 is 0 Å². The minimum Gasteiger partial charge on any atom is -0.508 e. The Morgan fingerprint density at radius 1 is 0.786 bits per heavy atom. The molecule has 11 heteroatoms. The van der Waals surface area contributed by atoms with Crippen LogP contribution in [0.5, 0.6) is 5.75 Å². The molecular formula is C45H48FN5O5. The van der Waals surface area contributed by atoms with Crippen molar-refractivity contribution >= 4 is 29.1 Å². The number of nitrogens with one attached hydrogen (secondary N) is 1. The Labute approximate surface area is 326 Å². The highest BCUT2D eigenvalue weighted by atomic mass is 19.1. The van der Waals surface area contributed by atoms with Crippen molar-refractivity contribution in [3.63, 3.8) is 0 Å². The number of imide groups is 1. The maximum Gasteiger partial charge on any atom is 0.255 e. The number of hydrogen-bond donors (Lipinski definition) is 2. The highest BCUT2D eigenvalue weighted by molar-refractivity contribution is 6.05. The summed E-state index contributed by atoms with van der Waals surface area (Å²) in [7, 11) is 0. The molecule has 5 heterocycles. The van der Waals surface area contributed by atoms with E-state index >= 15 is 0 Å². The minimum atomic E-state index is -0.600. The molecule has 3 fully saturated rings. The van der Waals surface area contributed by atoms with Gasteiger partial charge in [-0.25, -0.2) is 4.39 Å². The maximum absolute atomic E-state index is 14.5. The lowest BCUT2D eigenvalue weighted by molar-refractivity contribution is -0.136. The predicted octanol–water partition coefficient (Wildman–Crippen LogP) is 6.04. The molecule has 56 heavy (non-hydrogen) atoms. The number of hydrogen-bond acceptors (Lipinski definition) is 8. The van der Waals surface area contributed by atoms with E-state index in [1.165, 1.54) is 11.8 Å². The molecule has 0 aliphatic carbocycles. The number of phenols is 1. The van der Waals surface area contributed by atoms with E-state index < -0.39 is 6.04 Å². The third-order valence-corrected chi connectivity index (χ3v) is 12.7. The molecule has 4 aromatic rings. The van der Waals surface area contributed by atoms with Crippen LogP contribution in [0.3, 0.4) is 0 Å². The fourth-order valence-corrected chi connectivity index (χ4v) is 9.58. The second kappa shape index (κ2) is 15.0. The van der Waals surface area contributed by atoms with Crippen LogP contribution in [0.2, 0.25) is 0 Å². The summed E-state index contributed by atoms with van der Waals surface area (Å²) < 4.78 is 20.9. The molecule has 2 N–H and O–H groups in total. The van der Waals surface area contributed by atoms with Crippen molar-refractivity contribution in [3.05, 3.63) is 124 Å². The Morgan fingerprint density at radius 2 is 1.54 bits per heavy atom. The molecule has 4 aromatic carbocycles. The van der Waals surface area contributed by atoms with Crippen LogP contribution >= 0.6 is 0 Å². The number of rotatable bonds is 7. The molecule has 0 radical (unpaired) electrons. The van der Waals surface area contributed by atoms with E-state index in [-0.39, 0.29) is 47.7 Å². The Morgan fingerprint density at radius 3 is 2.30 bits per heavy atom. The van der Waals surface area contributed by atoms with Crippen LogP contribution in [-0.2, 0) is 27.5 Å². The molecule has 5 aliphatic rings. The lowest BCUT2D eigenvalue weighted by Gasteiger charge is -2.40. The quantitative estimate of drug-likeness (QED) is 0.220. The van der Waals surface area contributed by atoms with Crippen LogP contribution in [0.4, 0.5) is 15.8 Å². The number of nitrogens with zero attached hydrogens (tertiary/aromatic N) is 4. The minimum absolute atomic E-state index is 0.136. The van der Waals surface area contributed by atoms with Gasteiger partial charge in [-0.1, -0.05) is 24.3 Å². The fraction of sp³-hybridized carbons (Fsp3) is 0.400. The van der Waals surface area contributed by atoms with E-state index in [9.17, 15) is 23.9 Å². The lowest BCUT2D eigenvalue weighted by atomic mass is 9.79. The van der Waals surface area contributed by atoms with E-state index in [0.29, 0.717) is 31.1 Å². The highest BCUT2D eigenvalue weighted by Gasteiger charge is 2.40. The van der Waals surface area contributed by atoms with Gasteiger partial charge in [0.05, 0.1) is 12.7 Å². The maximum atomic E-state index is 14.5. The number of amides is 3. The average molecular weight is 758 g/mol. The van der Waals surface area contributed by atoms with E-state index in [4.69, 9.17) is 4.74 Å². The molecule has 0 aromatic heterocycles. The first-order valence-corrected chi connectivity index (χ1v) is 20.0.